The molecule has 0 unspecified atom stereocenters. The van der Waals surface area contributed by atoms with Crippen molar-refractivity contribution < 1.29 is 101 Å². The van der Waals surface area contributed by atoms with Gasteiger partial charge in [0.2, 0.25) is 5.91 Å². The molecule has 26 heteroatoms. The SMILES string of the molecule is CCCCCCCCCCCC[C@@H](O)CC(=O)O[C@@H]1[C@@H](NC(=O)C[C@@H](O)CCCCCCCCCCC)[C@@H](OC)O[C@H](CN=C2N[C@H](CO)[C@@H](OP(=O)(O)O)[C@H](OC(=O)C[C@@H](CCCCCCCCCCC)OC(=O)CCCCCCCCCCC)[C@H]2OC(=O)C[C@@H](CCCCCCCCCCC)OC(=O)CCCCCCCCCCC)[C@H]1O[Si](C)(C)C(C)(C)C. The number of amides is 1. The zero-order valence-electron chi connectivity index (χ0n) is 82.0. The zero-order valence-corrected chi connectivity index (χ0v) is 83.9. The molecule has 0 spiro atoms. The number of ether oxygens (including phenoxy) is 7. The van der Waals surface area contributed by atoms with Crippen LogP contribution in [0.2, 0.25) is 18.1 Å². The number of phosphoric acid groups is 1. The van der Waals surface area contributed by atoms with Crippen LogP contribution in [0.5, 0.6) is 0 Å². The first-order chi connectivity index (χ1) is 60.6. The lowest BCUT2D eigenvalue weighted by Gasteiger charge is -2.49. The molecule has 2 heterocycles. The number of aliphatic imine (C=N–C) groups is 1. The van der Waals surface area contributed by atoms with E-state index in [9.17, 15) is 48.8 Å². The second-order valence-electron chi connectivity index (χ2n) is 38.6. The van der Waals surface area contributed by atoms with Crippen LogP contribution in [0.15, 0.2) is 4.99 Å². The van der Waals surface area contributed by atoms with Crippen LogP contribution in [0, 0.1) is 0 Å². The third kappa shape index (κ3) is 58.4. The fourth-order valence-corrected chi connectivity index (χ4v) is 18.8. The molecule has 0 radical (unpaired) electrons. The van der Waals surface area contributed by atoms with Crippen LogP contribution in [0.25, 0.3) is 0 Å². The fraction of sp³-hybridized carbons (Fsp3) is 0.930. The molecule has 24 nitrogen and oxygen atoms in total. The Kier molecular flexibility index (Phi) is 70.3. The fourth-order valence-electron chi connectivity index (χ4n) is 16.9. The van der Waals surface area contributed by atoms with Gasteiger partial charge < -0.3 is 73.3 Å². The van der Waals surface area contributed by atoms with Crippen molar-refractivity contribution in [1.29, 1.82) is 0 Å². The summed E-state index contributed by atoms with van der Waals surface area (Å²) in [5.41, 5.74) is 0. The van der Waals surface area contributed by atoms with Gasteiger partial charge in [-0.05, 0) is 69.5 Å². The van der Waals surface area contributed by atoms with E-state index in [1.807, 2.05) is 33.9 Å². The van der Waals surface area contributed by atoms with E-state index in [-0.39, 0.29) is 31.5 Å². The van der Waals surface area contributed by atoms with Crippen molar-refractivity contribution in [2.24, 2.45) is 4.99 Å². The smallest absolute Gasteiger partial charge is 0.462 e. The molecule has 740 valence electrons. The quantitative estimate of drug-likeness (QED) is 0.00978. The number of esters is 5. The molecule has 1 amide bonds. The molecule has 2 aliphatic heterocycles. The maximum absolute atomic E-state index is 15.3. The van der Waals surface area contributed by atoms with Crippen LogP contribution in [-0.2, 0) is 75.4 Å². The Hall–Kier alpha value is -3.62. The lowest BCUT2D eigenvalue weighted by molar-refractivity contribution is -0.256. The Morgan fingerprint density at radius 1 is 0.437 bits per heavy atom. The molecule has 0 aromatic carbocycles. The molecule has 0 aromatic heterocycles. The highest BCUT2D eigenvalue weighted by Gasteiger charge is 2.55. The van der Waals surface area contributed by atoms with Crippen molar-refractivity contribution in [2.45, 2.75) is 577 Å². The summed E-state index contributed by atoms with van der Waals surface area (Å²) in [5, 5.41) is 40.0. The highest BCUT2D eigenvalue weighted by atomic mass is 31.2. The number of rotatable bonds is 83. The minimum absolute atomic E-state index is 0.124. The average Bonchev–Trinajstić information content (AvgIpc) is 0.769. The van der Waals surface area contributed by atoms with Gasteiger partial charge in [0.05, 0.1) is 57.1 Å². The van der Waals surface area contributed by atoms with Crippen molar-refractivity contribution >= 4 is 57.7 Å². The Bertz CT molecular complexity index is 2810. The largest absolute Gasteiger partial charge is 0.470 e. The third-order valence-corrected chi connectivity index (χ3v) is 30.7. The summed E-state index contributed by atoms with van der Waals surface area (Å²) in [6.45, 7) is 21.8. The van der Waals surface area contributed by atoms with Crippen molar-refractivity contribution in [3.8, 4) is 0 Å². The van der Waals surface area contributed by atoms with Gasteiger partial charge in [0.15, 0.2) is 32.9 Å². The Balaban J connectivity index is 3.02. The second-order valence-corrected chi connectivity index (χ2v) is 44.5. The van der Waals surface area contributed by atoms with E-state index in [0.717, 1.165) is 180 Å². The molecule has 126 heavy (non-hydrogen) atoms. The number of piperidine rings is 1. The molecule has 2 rings (SSSR count). The lowest BCUT2D eigenvalue weighted by atomic mass is 9.94. The van der Waals surface area contributed by atoms with Crippen LogP contribution in [0.4, 0.5) is 0 Å². The number of aliphatic hydroxyl groups excluding tert-OH is 3. The minimum atomic E-state index is -5.61. The van der Waals surface area contributed by atoms with Gasteiger partial charge in [-0.25, -0.2) is 4.57 Å². The monoisotopic (exact) mass is 1830 g/mol. The minimum Gasteiger partial charge on any atom is -0.462 e. The number of nitrogens with zero attached hydrogens (tertiary/aromatic N) is 1. The number of carbonyl (C=O) groups excluding carboxylic acids is 6. The predicted molar refractivity (Wildman–Crippen MR) is 508 cm³/mol. The first-order valence-electron chi connectivity index (χ1n) is 51.7. The number of carbonyl (C=O) groups is 6. The van der Waals surface area contributed by atoms with E-state index in [1.165, 1.54) is 142 Å². The van der Waals surface area contributed by atoms with Crippen LogP contribution >= 0.6 is 7.82 Å². The summed E-state index contributed by atoms with van der Waals surface area (Å²) in [7, 11) is -7.32. The normalized spacial score (nSPS) is 20.0. The van der Waals surface area contributed by atoms with Gasteiger partial charge in [-0.1, -0.05) is 390 Å². The summed E-state index contributed by atoms with van der Waals surface area (Å²) in [5.74, 6) is -4.59. The van der Waals surface area contributed by atoms with Crippen molar-refractivity contribution in [2.75, 3.05) is 20.3 Å². The number of nitrogens with one attached hydrogen (secondary N) is 2. The molecule has 2 saturated heterocycles. The molecule has 0 aliphatic carbocycles. The van der Waals surface area contributed by atoms with Crippen LogP contribution in [0.3, 0.4) is 0 Å². The van der Waals surface area contributed by atoms with Crippen molar-refractivity contribution in [1.82, 2.24) is 10.6 Å². The number of unbranched alkanes of at least 4 members (excludes halogenated alkanes) is 49. The van der Waals surface area contributed by atoms with Gasteiger partial charge in [-0.15, -0.1) is 0 Å². The summed E-state index contributed by atoms with van der Waals surface area (Å²) in [4.78, 5) is 114. The number of hydrogen-bond donors (Lipinski definition) is 7. The van der Waals surface area contributed by atoms with Gasteiger partial charge >= 0.3 is 37.7 Å². The highest BCUT2D eigenvalue weighted by Crippen LogP contribution is 2.43. The average molecular weight is 1830 g/mol. The maximum Gasteiger partial charge on any atom is 0.470 e. The van der Waals surface area contributed by atoms with Gasteiger partial charge in [-0.3, -0.25) is 38.3 Å². The molecular weight excluding hydrogens is 1640 g/mol. The highest BCUT2D eigenvalue weighted by molar-refractivity contribution is 7.46. The van der Waals surface area contributed by atoms with Crippen LogP contribution in [-0.4, -0.2) is 175 Å². The van der Waals surface area contributed by atoms with E-state index < -0.39 is 169 Å². The molecular formula is C100H190N3O21PSi. The molecule has 0 aromatic rings. The van der Waals surface area contributed by atoms with Crippen molar-refractivity contribution in [3.63, 3.8) is 0 Å². The first-order valence-corrected chi connectivity index (χ1v) is 56.2. The van der Waals surface area contributed by atoms with Gasteiger partial charge in [0.25, 0.3) is 0 Å². The van der Waals surface area contributed by atoms with E-state index in [4.69, 9.17) is 47.1 Å². The second kappa shape index (κ2) is 74.8. The molecule has 0 bridgehead atoms. The molecule has 0 saturated carbocycles. The number of amidine groups is 1. The Labute approximate surface area is 767 Å². The van der Waals surface area contributed by atoms with Gasteiger partial charge in [-0.2, -0.15) is 0 Å². The maximum atomic E-state index is 15.3. The van der Waals surface area contributed by atoms with E-state index in [2.05, 4.69) is 52.2 Å². The van der Waals surface area contributed by atoms with Crippen LogP contribution in [0.1, 0.15) is 480 Å². The summed E-state index contributed by atoms with van der Waals surface area (Å²) < 4.78 is 71.3. The number of hydrogen-bond acceptors (Lipinski definition) is 20. The predicted octanol–water partition coefficient (Wildman–Crippen LogP) is 23.8. The zero-order chi connectivity index (χ0) is 92.9. The lowest BCUT2D eigenvalue weighted by Crippen LogP contribution is -2.68. The van der Waals surface area contributed by atoms with Crippen LogP contribution < -0.4 is 10.6 Å². The van der Waals surface area contributed by atoms with Crippen molar-refractivity contribution in [3.05, 3.63) is 0 Å². The topological polar surface area (TPSA) is 340 Å². The summed E-state index contributed by atoms with van der Waals surface area (Å²) in [6, 6.07) is -2.84. The molecule has 2 aliphatic rings. The molecule has 2 fully saturated rings. The number of phosphoric ester groups is 1. The van der Waals surface area contributed by atoms with Gasteiger partial charge in [0.1, 0.15) is 42.4 Å². The Morgan fingerprint density at radius 3 is 1.11 bits per heavy atom. The third-order valence-electron chi connectivity index (χ3n) is 25.7. The van der Waals surface area contributed by atoms with E-state index >= 15 is 9.59 Å². The Morgan fingerprint density at radius 2 is 0.762 bits per heavy atom. The summed E-state index contributed by atoms with van der Waals surface area (Å²) >= 11 is 0. The standard InChI is InChI=1S/C100H190N3O21PSi/c1-13-19-25-31-37-43-49-51-57-63-69-81(106)75-89(110)120-95-92(103-86(107)74-80(105)68-62-56-50-44-38-32-26-20-14-2)99(116-10)119-85(94(95)124-126(11,12)100(7,8)9)78-101-98-97(122-91(112)77-83(71-65-59-53-46-40-34-28-22-16-4)118-88(109)73-67-61-55-48-42-36-30-24-18-6)96(93(84(79-104)102-98)123-125(113,114)115)121-90(111)76-82(70-64-58-52-45-39-33-27-21-15-3)117-87(108)72-66-60-54-47-41-35-29-23-17-5/h80-85,92-97,99,104-106H,13-79H2,1-12H3,(H,101,102)(H,103,107)(H2,113,114,115)/t80-,81+,82+,83+,84+,85+,92+,93+,94+,95+,96-,97+,99-/m0/s1. The molecule has 13 atom stereocenters. The summed E-state index contributed by atoms with van der Waals surface area (Å²) in [6.07, 6.45) is 41.9. The number of methoxy groups -OCH3 is 1. The van der Waals surface area contributed by atoms with E-state index in [0.29, 0.717) is 57.8 Å². The molecule has 7 N–H and O–H groups in total. The first kappa shape index (κ1) is 118. The van der Waals surface area contributed by atoms with E-state index in [1.54, 1.807) is 0 Å². The van der Waals surface area contributed by atoms with Gasteiger partial charge in [0, 0.05) is 20.0 Å². The number of aliphatic hydroxyl groups is 3.